The van der Waals surface area contributed by atoms with E-state index in [9.17, 15) is 54.4 Å². The number of aryl methyl sites for hydroxylation is 3. The van der Waals surface area contributed by atoms with Gasteiger partial charge in [0.05, 0.1) is 67.6 Å². The first-order valence-electron chi connectivity index (χ1n) is 37.9. The zero-order chi connectivity index (χ0) is 74.5. The molecule has 2 aromatic heterocycles. The Morgan fingerprint density at radius 1 is 0.590 bits per heavy atom. The van der Waals surface area contributed by atoms with Crippen molar-refractivity contribution in [3.63, 3.8) is 0 Å². The lowest BCUT2D eigenvalue weighted by molar-refractivity contribution is -0.142. The summed E-state index contributed by atoms with van der Waals surface area (Å²) in [6.45, 7) is 13.7. The number of hydrogen-bond acceptors (Lipinski definition) is 14. The molecule has 24 heteroatoms. The van der Waals surface area contributed by atoms with Crippen LogP contribution >= 0.6 is 0 Å². The van der Waals surface area contributed by atoms with Gasteiger partial charge >= 0.3 is 0 Å². The van der Waals surface area contributed by atoms with Crippen molar-refractivity contribution in [3.05, 3.63) is 143 Å². The number of Topliss-reactive ketones (excluding diaryl/α,β-unsaturated/α-hetero) is 2. The van der Waals surface area contributed by atoms with Crippen molar-refractivity contribution < 1.29 is 63.9 Å². The molecule has 8 aliphatic rings. The van der Waals surface area contributed by atoms with E-state index in [2.05, 4.69) is 9.44 Å². The largest absolute Gasteiger partial charge is 0.459 e. The molecule has 4 aliphatic carbocycles. The second-order valence-corrected chi connectivity index (χ2v) is 36.4. The summed E-state index contributed by atoms with van der Waals surface area (Å²) in [4.78, 5) is 99.2. The van der Waals surface area contributed by atoms with Gasteiger partial charge in [-0.25, -0.2) is 25.6 Å². The number of imidazole rings is 2. The number of aromatic nitrogens is 4. The fourth-order valence-corrected chi connectivity index (χ4v) is 19.1. The maximum absolute atomic E-state index is 14.7. The Labute approximate surface area is 615 Å². The first-order chi connectivity index (χ1) is 50.0. The van der Waals surface area contributed by atoms with E-state index in [-0.39, 0.29) is 91.7 Å². The standard InChI is InChI=1S/C41H51FN4O6S.C40H49FN4O6S/c1-26(2)46-34-15-11-10-14-33(34)43-39(46)52-31-22-35-36(47)24-41(38(49)44-53(50,51)40(4)18-19-40)23-30(41)13-9-7-5-6-8-12-29(37(48)45(35)25-31)21-28-16-17-32(42)27(3)20-28;1-4-44-33-15-11-10-14-32(33)42-38(44)51-30-22-34-35(46)24-40(37(48)43-52(49,50)39(3)18-19-39)23-29(40)13-9-7-5-6-8-12-28(36(47)45(34)25-30)21-27-16-17-31(41)26(2)20-27/h9-11,13-17,20,26,29-31,35H,5-8,12,18-19,21-25H2,1-4H3,(H,44,49);9-11,13-17,20,28-30,34H,4-8,12,18-19,21-25H2,1-3H3,(H,43,48)/b2*13-9-/t29-,30-,31-,35+,41-;28-,29-,30-,34+,40-/m11/s1. The molecule has 6 heterocycles. The van der Waals surface area contributed by atoms with Crippen LogP contribution in [0.3, 0.4) is 0 Å². The second kappa shape index (κ2) is 29.9. The third-order valence-electron chi connectivity index (χ3n) is 23.9. The highest BCUT2D eigenvalue weighted by Gasteiger charge is 2.64. The molecule has 562 valence electrons. The first-order valence-corrected chi connectivity index (χ1v) is 40.9. The van der Waals surface area contributed by atoms with Crippen LogP contribution in [0.4, 0.5) is 8.78 Å². The molecule has 10 atom stereocenters. The van der Waals surface area contributed by atoms with Crippen molar-refractivity contribution in [1.29, 1.82) is 0 Å². The molecule has 6 aromatic rings. The van der Waals surface area contributed by atoms with Gasteiger partial charge in [-0.15, -0.1) is 0 Å². The predicted molar refractivity (Wildman–Crippen MR) is 395 cm³/mol. The van der Waals surface area contributed by atoms with Crippen molar-refractivity contribution >= 4 is 77.3 Å². The number of sulfonamides is 2. The van der Waals surface area contributed by atoms with Gasteiger partial charge in [0.1, 0.15) is 23.8 Å². The SMILES string of the molecule is CCn1c(O[C@@H]2C[C@H]3C(=O)C[C@]4(C(=O)NS(=O)(=O)C5(C)CC5)C[C@H]4/C=C\CCCCC[C@H](Cc4ccc(F)c(C)c4)C(=O)N3C2)nc2ccccc21.Cc1cc(C[C@H]2CCCCC/C=C\[C@@H]3C[C@@]3(C(=O)NS(=O)(=O)C3(C)CC3)CC(=O)[C@@H]3C[C@@H](Oc4nc5ccccc5n4C(C)C)CN3C2=O)ccc1F. The van der Waals surface area contributed by atoms with Crippen molar-refractivity contribution in [1.82, 2.24) is 38.3 Å². The normalized spacial score (nSPS) is 28.2. The Hall–Kier alpha value is -8.12. The van der Waals surface area contributed by atoms with E-state index >= 15 is 0 Å². The van der Waals surface area contributed by atoms with E-state index in [4.69, 9.17) is 19.4 Å². The van der Waals surface area contributed by atoms with Gasteiger partial charge in [-0.2, -0.15) is 9.97 Å². The number of ketones is 2. The molecule has 0 bridgehead atoms. The van der Waals surface area contributed by atoms with Crippen molar-refractivity contribution in [2.45, 2.75) is 236 Å². The van der Waals surface area contributed by atoms with Gasteiger partial charge in [0.15, 0.2) is 11.6 Å². The summed E-state index contributed by atoms with van der Waals surface area (Å²) in [7, 11) is -7.83. The Morgan fingerprint density at radius 2 is 1.02 bits per heavy atom. The molecule has 4 amide bonds. The number of fused-ring (bicyclic) bond motifs is 6. The molecule has 4 aromatic carbocycles. The monoisotopic (exact) mass is 1480 g/mol. The number of nitrogens with zero attached hydrogens (tertiary/aromatic N) is 6. The fourth-order valence-electron chi connectivity index (χ4n) is 16.4. The number of nitrogens with one attached hydrogen (secondary N) is 2. The predicted octanol–water partition coefficient (Wildman–Crippen LogP) is 13.0. The van der Waals surface area contributed by atoms with E-state index in [0.29, 0.717) is 93.9 Å². The molecule has 4 aliphatic heterocycles. The number of para-hydroxylation sites is 4. The van der Waals surface area contributed by atoms with E-state index in [1.807, 2.05) is 103 Å². The van der Waals surface area contributed by atoms with Gasteiger partial charge in [-0.05, 0) is 209 Å². The molecule has 2 saturated heterocycles. The van der Waals surface area contributed by atoms with Gasteiger partial charge in [0, 0.05) is 50.1 Å². The Bertz CT molecular complexity index is 4660. The number of amides is 4. The zero-order valence-corrected chi connectivity index (χ0v) is 63.1. The molecule has 2 N–H and O–H groups in total. The Morgan fingerprint density at radius 3 is 1.46 bits per heavy atom. The molecular formula is C81H100F2N8O12S2. The minimum atomic E-state index is -3.92. The molecule has 20 nitrogen and oxygen atoms in total. The van der Waals surface area contributed by atoms with Gasteiger partial charge < -0.3 is 19.3 Å². The Kier molecular flexibility index (Phi) is 21.4. The highest BCUT2D eigenvalue weighted by Crippen LogP contribution is 2.59. The lowest BCUT2D eigenvalue weighted by Crippen LogP contribution is -2.47. The third kappa shape index (κ3) is 15.7. The smallest absolute Gasteiger partial charge is 0.297 e. The third-order valence-corrected chi connectivity index (χ3v) is 28.2. The molecule has 105 heavy (non-hydrogen) atoms. The van der Waals surface area contributed by atoms with E-state index in [1.165, 1.54) is 12.1 Å². The highest BCUT2D eigenvalue weighted by molar-refractivity contribution is 7.92. The zero-order valence-electron chi connectivity index (χ0n) is 61.4. The number of carbonyl (C=O) groups excluding carboxylic acids is 6. The lowest BCUT2D eigenvalue weighted by Gasteiger charge is -2.29. The number of hydrogen-bond donors (Lipinski definition) is 2. The highest BCUT2D eigenvalue weighted by atomic mass is 32.2. The average molecular weight is 1480 g/mol. The van der Waals surface area contributed by atoms with Crippen LogP contribution < -0.4 is 18.9 Å². The van der Waals surface area contributed by atoms with E-state index in [1.54, 1.807) is 61.8 Å². The van der Waals surface area contributed by atoms with Crippen LogP contribution in [0, 0.1) is 60.0 Å². The van der Waals surface area contributed by atoms with Crippen LogP contribution in [0.1, 0.15) is 191 Å². The molecule has 14 rings (SSSR count). The van der Waals surface area contributed by atoms with Gasteiger partial charge in [-0.1, -0.05) is 98.5 Å². The molecular weight excluding hydrogens is 1380 g/mol. The fraction of sp³-hybridized carbons (Fsp3) is 0.556. The van der Waals surface area contributed by atoms with Gasteiger partial charge in [-0.3, -0.25) is 47.3 Å². The number of carbonyl (C=O) groups is 6. The topological polar surface area (TPSA) is 255 Å². The molecule has 0 radical (unpaired) electrons. The summed E-state index contributed by atoms with van der Waals surface area (Å²) in [6.07, 6.45) is 18.4. The van der Waals surface area contributed by atoms with Crippen LogP contribution in [0.15, 0.2) is 109 Å². The summed E-state index contributed by atoms with van der Waals surface area (Å²) in [5.74, 6) is -4.25. The van der Waals surface area contributed by atoms with Crippen LogP contribution in [-0.2, 0) is 68.2 Å². The molecule has 4 saturated carbocycles. The van der Waals surface area contributed by atoms with Crippen molar-refractivity contribution in [2.24, 2.45) is 34.5 Å². The summed E-state index contributed by atoms with van der Waals surface area (Å²) in [5.41, 5.74) is 3.71. The summed E-state index contributed by atoms with van der Waals surface area (Å²) in [6, 6.07) is 24.5. The quantitative estimate of drug-likeness (QED) is 0.0855. The number of ether oxygens (including phenoxy) is 2. The first kappa shape index (κ1) is 75.1. The number of halogens is 2. The lowest BCUT2D eigenvalue weighted by atomic mass is 9.89. The van der Waals surface area contributed by atoms with Crippen LogP contribution in [0.25, 0.3) is 22.1 Å². The molecule has 6 fully saturated rings. The van der Waals surface area contributed by atoms with Gasteiger partial charge in [0.2, 0.25) is 43.7 Å². The minimum Gasteiger partial charge on any atom is -0.459 e. The minimum absolute atomic E-state index is 0.0310. The number of benzene rings is 4. The summed E-state index contributed by atoms with van der Waals surface area (Å²) < 4.78 is 101. The maximum atomic E-state index is 14.7. The number of rotatable bonds is 16. The van der Waals surface area contributed by atoms with Crippen LogP contribution in [-0.4, -0.2) is 128 Å². The van der Waals surface area contributed by atoms with Crippen molar-refractivity contribution in [3.8, 4) is 12.0 Å². The molecule has 0 spiro atoms. The molecule has 0 unspecified atom stereocenters. The second-order valence-electron chi connectivity index (χ2n) is 32.0. The van der Waals surface area contributed by atoms with Crippen molar-refractivity contribution in [2.75, 3.05) is 13.1 Å². The average Bonchev–Trinajstić information content (AvgIpc) is 1.57. The van der Waals surface area contributed by atoms with Gasteiger partial charge in [0.25, 0.3) is 12.0 Å². The summed E-state index contributed by atoms with van der Waals surface area (Å²) in [5, 5.41) is 0. The maximum Gasteiger partial charge on any atom is 0.297 e. The van der Waals surface area contributed by atoms with Crippen LogP contribution in [0.5, 0.6) is 12.0 Å². The summed E-state index contributed by atoms with van der Waals surface area (Å²) >= 11 is 0. The van der Waals surface area contributed by atoms with Crippen LogP contribution in [0.2, 0.25) is 0 Å². The Balaban J connectivity index is 0.000000186. The number of allylic oxidation sites excluding steroid dienone is 4. The van der Waals surface area contributed by atoms with E-state index in [0.717, 1.165) is 84.6 Å². The van der Waals surface area contributed by atoms with E-state index < -0.39 is 88.3 Å².